The zero-order chi connectivity index (χ0) is 34.4. The molecule has 0 N–H and O–H groups in total. The molecule has 0 aliphatic carbocycles. The van der Waals surface area contributed by atoms with E-state index in [2.05, 4.69) is 120 Å². The van der Waals surface area contributed by atoms with Gasteiger partial charge >= 0.3 is 0 Å². The summed E-state index contributed by atoms with van der Waals surface area (Å²) in [5, 5.41) is 7.01. The van der Waals surface area contributed by atoms with Crippen LogP contribution in [0.3, 0.4) is 0 Å². The second-order valence-corrected chi connectivity index (χ2v) is 12.9. The SMILES string of the molecule is c1ccc(-c2ccc(-c3nc(-c4ccccc4)nc(-c4ccc5ccc6c(-c7ccc(-c8cccnc8)cn7)ccc7ccc4c5c76)n3)cc2)cc1. The maximum atomic E-state index is 5.15. The number of benzene rings is 7. The molecule has 0 spiro atoms. The minimum Gasteiger partial charge on any atom is -0.264 e. The van der Waals surface area contributed by atoms with Crippen molar-refractivity contribution in [3.63, 3.8) is 0 Å². The van der Waals surface area contributed by atoms with Crippen molar-refractivity contribution in [2.24, 2.45) is 0 Å². The summed E-state index contributed by atoms with van der Waals surface area (Å²) in [6, 6.07) is 54.8. The summed E-state index contributed by atoms with van der Waals surface area (Å²) in [4.78, 5) is 24.4. The topological polar surface area (TPSA) is 64.5 Å². The van der Waals surface area contributed by atoms with Crippen molar-refractivity contribution in [2.45, 2.75) is 0 Å². The van der Waals surface area contributed by atoms with Crippen LogP contribution in [0, 0.1) is 0 Å². The first kappa shape index (κ1) is 29.8. The van der Waals surface area contributed by atoms with E-state index in [-0.39, 0.29) is 0 Å². The van der Waals surface area contributed by atoms with Crippen LogP contribution in [0.1, 0.15) is 0 Å². The highest BCUT2D eigenvalue weighted by molar-refractivity contribution is 6.27. The molecule has 0 unspecified atom stereocenters. The number of aromatic nitrogens is 5. The second-order valence-electron chi connectivity index (χ2n) is 12.9. The number of pyridine rings is 2. The van der Waals surface area contributed by atoms with Crippen molar-refractivity contribution >= 4 is 32.3 Å². The fourth-order valence-corrected chi connectivity index (χ4v) is 7.26. The third-order valence-electron chi connectivity index (χ3n) is 9.86. The Morgan fingerprint density at radius 3 is 1.46 bits per heavy atom. The molecule has 242 valence electrons. The van der Waals surface area contributed by atoms with E-state index in [1.54, 1.807) is 6.20 Å². The van der Waals surface area contributed by atoms with Crippen LogP contribution < -0.4 is 0 Å². The highest BCUT2D eigenvalue weighted by Gasteiger charge is 2.19. The molecule has 0 atom stereocenters. The highest BCUT2D eigenvalue weighted by Crippen LogP contribution is 2.42. The van der Waals surface area contributed by atoms with Crippen LogP contribution in [0.5, 0.6) is 0 Å². The van der Waals surface area contributed by atoms with E-state index >= 15 is 0 Å². The van der Waals surface area contributed by atoms with Gasteiger partial charge < -0.3 is 0 Å². The molecule has 5 nitrogen and oxygen atoms in total. The second kappa shape index (κ2) is 12.3. The third kappa shape index (κ3) is 5.15. The van der Waals surface area contributed by atoms with Crippen LogP contribution in [-0.4, -0.2) is 24.9 Å². The van der Waals surface area contributed by atoms with Crippen molar-refractivity contribution in [1.29, 1.82) is 0 Å². The molecule has 0 amide bonds. The Morgan fingerprint density at radius 2 is 0.827 bits per heavy atom. The lowest BCUT2D eigenvalue weighted by molar-refractivity contribution is 1.08. The molecule has 5 heteroatoms. The molecule has 0 radical (unpaired) electrons. The van der Waals surface area contributed by atoms with Gasteiger partial charge in [0.15, 0.2) is 17.5 Å². The van der Waals surface area contributed by atoms with Gasteiger partial charge in [-0.3, -0.25) is 9.97 Å². The molecule has 52 heavy (non-hydrogen) atoms. The van der Waals surface area contributed by atoms with Gasteiger partial charge in [0.25, 0.3) is 0 Å². The number of rotatable bonds is 6. The van der Waals surface area contributed by atoms with Gasteiger partial charge in [0.2, 0.25) is 0 Å². The Hall–Kier alpha value is -7.11. The molecule has 3 aromatic heterocycles. The van der Waals surface area contributed by atoms with Crippen LogP contribution in [0.15, 0.2) is 176 Å². The van der Waals surface area contributed by atoms with Crippen LogP contribution in [0.2, 0.25) is 0 Å². The van der Waals surface area contributed by atoms with E-state index in [0.717, 1.165) is 55.4 Å². The van der Waals surface area contributed by atoms with Crippen LogP contribution in [0.4, 0.5) is 0 Å². The summed E-state index contributed by atoms with van der Waals surface area (Å²) in [6.45, 7) is 0. The van der Waals surface area contributed by atoms with Gasteiger partial charge in [0.05, 0.1) is 5.69 Å². The lowest BCUT2D eigenvalue weighted by atomic mass is 9.89. The van der Waals surface area contributed by atoms with Crippen molar-refractivity contribution in [3.8, 4) is 67.7 Å². The van der Waals surface area contributed by atoms with Crippen molar-refractivity contribution in [2.75, 3.05) is 0 Å². The first-order valence-electron chi connectivity index (χ1n) is 17.3. The summed E-state index contributed by atoms with van der Waals surface area (Å²) >= 11 is 0. The molecule has 10 aromatic rings. The number of nitrogens with zero attached hydrogens (tertiary/aromatic N) is 5. The van der Waals surface area contributed by atoms with Gasteiger partial charge in [-0.25, -0.2) is 15.0 Å². The predicted molar refractivity (Wildman–Crippen MR) is 212 cm³/mol. The molecule has 0 saturated heterocycles. The normalized spacial score (nSPS) is 11.5. The van der Waals surface area contributed by atoms with E-state index < -0.39 is 0 Å². The maximum Gasteiger partial charge on any atom is 0.164 e. The lowest BCUT2D eigenvalue weighted by Crippen LogP contribution is -2.01. The smallest absolute Gasteiger partial charge is 0.164 e. The first-order valence-corrected chi connectivity index (χ1v) is 17.3. The predicted octanol–water partition coefficient (Wildman–Crippen LogP) is 11.6. The lowest BCUT2D eigenvalue weighted by Gasteiger charge is -2.16. The summed E-state index contributed by atoms with van der Waals surface area (Å²) in [5.41, 5.74) is 9.27. The molecule has 3 heterocycles. The van der Waals surface area contributed by atoms with E-state index in [4.69, 9.17) is 19.9 Å². The van der Waals surface area contributed by atoms with Gasteiger partial charge in [0.1, 0.15) is 0 Å². The summed E-state index contributed by atoms with van der Waals surface area (Å²) < 4.78 is 0. The monoisotopic (exact) mass is 663 g/mol. The fraction of sp³-hybridized carbons (Fsp3) is 0. The van der Waals surface area contributed by atoms with Gasteiger partial charge in [-0.2, -0.15) is 0 Å². The summed E-state index contributed by atoms with van der Waals surface area (Å²) in [6.07, 6.45) is 5.58. The minimum absolute atomic E-state index is 0.636. The zero-order valence-electron chi connectivity index (χ0n) is 28.0. The Labute approximate surface area is 300 Å². The largest absolute Gasteiger partial charge is 0.264 e. The van der Waals surface area contributed by atoms with Gasteiger partial charge in [-0.05, 0) is 61.6 Å². The first-order chi connectivity index (χ1) is 25.8. The highest BCUT2D eigenvalue weighted by atomic mass is 15.0. The van der Waals surface area contributed by atoms with Gasteiger partial charge in [-0.15, -0.1) is 0 Å². The minimum atomic E-state index is 0.636. The zero-order valence-corrected chi connectivity index (χ0v) is 28.0. The standard InChI is InChI=1S/C47H29N5/c1-3-8-30(9-4-1)31-13-15-35(16-14-31)46-50-45(34-10-5-2-6-11-34)51-47(52-46)41-25-20-33-18-23-39-38(22-17-32-19-24-40(41)44(33)43(32)39)42-26-21-37(29-49-42)36-12-7-27-48-28-36/h1-29H. The fourth-order valence-electron chi connectivity index (χ4n) is 7.26. The molecule has 10 rings (SSSR count). The maximum absolute atomic E-state index is 5.15. The average molecular weight is 664 g/mol. The Kier molecular flexibility index (Phi) is 7.07. The van der Waals surface area contributed by atoms with Gasteiger partial charge in [0, 0.05) is 52.0 Å². The third-order valence-corrected chi connectivity index (χ3v) is 9.86. The summed E-state index contributed by atoms with van der Waals surface area (Å²) in [7, 11) is 0. The molecule has 7 aromatic carbocycles. The van der Waals surface area contributed by atoms with Gasteiger partial charge in [-0.1, -0.05) is 140 Å². The Balaban J connectivity index is 1.13. The van der Waals surface area contributed by atoms with E-state index in [0.29, 0.717) is 17.5 Å². The molecular weight excluding hydrogens is 635 g/mol. The van der Waals surface area contributed by atoms with Crippen molar-refractivity contribution < 1.29 is 0 Å². The van der Waals surface area contributed by atoms with E-state index in [1.807, 2.05) is 54.9 Å². The Morgan fingerprint density at radius 1 is 0.327 bits per heavy atom. The molecule has 0 fully saturated rings. The molecule has 0 aliphatic heterocycles. The van der Waals surface area contributed by atoms with Crippen LogP contribution in [0.25, 0.3) is 100.0 Å². The molecular formula is C47H29N5. The number of hydrogen-bond acceptors (Lipinski definition) is 5. The number of hydrogen-bond donors (Lipinski definition) is 0. The Bertz CT molecular complexity index is 2860. The van der Waals surface area contributed by atoms with Crippen LogP contribution >= 0.6 is 0 Å². The van der Waals surface area contributed by atoms with E-state index in [1.165, 1.54) is 27.1 Å². The van der Waals surface area contributed by atoms with Crippen molar-refractivity contribution in [3.05, 3.63) is 176 Å². The molecule has 0 aliphatic rings. The quantitative estimate of drug-likeness (QED) is 0.166. The van der Waals surface area contributed by atoms with Crippen molar-refractivity contribution in [1.82, 2.24) is 24.9 Å². The average Bonchev–Trinajstić information content (AvgIpc) is 3.23. The molecule has 0 saturated carbocycles. The summed E-state index contributed by atoms with van der Waals surface area (Å²) in [5.74, 6) is 1.92. The van der Waals surface area contributed by atoms with Crippen LogP contribution in [-0.2, 0) is 0 Å². The molecule has 0 bridgehead atoms. The van der Waals surface area contributed by atoms with E-state index in [9.17, 15) is 0 Å².